The first-order valence-electron chi connectivity index (χ1n) is 12.6. The zero-order chi connectivity index (χ0) is 25.9. The molecule has 0 aliphatic carbocycles. The Labute approximate surface area is 206 Å². The van der Waals surface area contributed by atoms with Gasteiger partial charge in [0, 0.05) is 13.0 Å². The van der Waals surface area contributed by atoms with Crippen LogP contribution in [-0.4, -0.2) is 36.5 Å². The zero-order valence-corrected chi connectivity index (χ0v) is 22.5. The molecular formula is C28H46N2O4. The van der Waals surface area contributed by atoms with Crippen LogP contribution in [0.4, 0.5) is 0 Å². The summed E-state index contributed by atoms with van der Waals surface area (Å²) in [5.74, 6) is -1.44. The van der Waals surface area contributed by atoms with Crippen LogP contribution < -0.4 is 10.6 Å². The van der Waals surface area contributed by atoms with Gasteiger partial charge in [-0.3, -0.25) is 14.4 Å². The van der Waals surface area contributed by atoms with Crippen molar-refractivity contribution in [1.82, 2.24) is 10.6 Å². The summed E-state index contributed by atoms with van der Waals surface area (Å²) in [5, 5.41) is 5.65. The van der Waals surface area contributed by atoms with Gasteiger partial charge in [0.2, 0.25) is 11.8 Å². The number of carbonyl (C=O) groups excluding carboxylic acids is 3. The number of unbranched alkanes of at least 4 members (excludes halogenated alkanes) is 1. The summed E-state index contributed by atoms with van der Waals surface area (Å²) < 4.78 is 5.70. The topological polar surface area (TPSA) is 84.5 Å². The Kier molecular flexibility index (Phi) is 11.8. The Morgan fingerprint density at radius 1 is 0.912 bits per heavy atom. The summed E-state index contributed by atoms with van der Waals surface area (Å²) in [6.45, 7) is 13.4. The quantitative estimate of drug-likeness (QED) is 0.415. The second-order valence-electron chi connectivity index (χ2n) is 11.3. The van der Waals surface area contributed by atoms with E-state index in [4.69, 9.17) is 4.74 Å². The van der Waals surface area contributed by atoms with Crippen LogP contribution in [0.2, 0.25) is 0 Å². The molecule has 6 heteroatoms. The Hall–Kier alpha value is -2.37. The average Bonchev–Trinajstić information content (AvgIpc) is 2.74. The molecule has 1 aromatic carbocycles. The van der Waals surface area contributed by atoms with Crippen LogP contribution in [0.15, 0.2) is 30.3 Å². The SMILES string of the molecule is CCCC[C@@H](C[C@@H](CCc1ccccc1)C(=O)N[C@H](C(=O)NC)C(C)(C)C)C(=O)OC(C)(C)C. The number of aryl methyl sites for hydroxylation is 1. The van der Waals surface area contributed by atoms with Gasteiger partial charge >= 0.3 is 5.97 Å². The molecule has 0 spiro atoms. The molecule has 0 fully saturated rings. The first kappa shape index (κ1) is 29.7. The molecule has 0 aliphatic heterocycles. The highest BCUT2D eigenvalue weighted by atomic mass is 16.6. The van der Waals surface area contributed by atoms with E-state index < -0.39 is 23.0 Å². The minimum absolute atomic E-state index is 0.190. The third kappa shape index (κ3) is 10.7. The van der Waals surface area contributed by atoms with Gasteiger partial charge in [0.25, 0.3) is 0 Å². The van der Waals surface area contributed by atoms with Crippen LogP contribution in [0, 0.1) is 17.3 Å². The maximum absolute atomic E-state index is 13.5. The summed E-state index contributed by atoms with van der Waals surface area (Å²) >= 11 is 0. The molecule has 2 amide bonds. The summed E-state index contributed by atoms with van der Waals surface area (Å²) in [6, 6.07) is 9.35. The normalized spacial score (nSPS) is 14.6. The van der Waals surface area contributed by atoms with Crippen LogP contribution in [0.5, 0.6) is 0 Å². The molecule has 1 aromatic rings. The second kappa shape index (κ2) is 13.5. The molecule has 0 saturated heterocycles. The fourth-order valence-electron chi connectivity index (χ4n) is 3.93. The van der Waals surface area contributed by atoms with Crippen molar-refractivity contribution in [3.63, 3.8) is 0 Å². The number of nitrogens with one attached hydrogen (secondary N) is 2. The van der Waals surface area contributed by atoms with Crippen molar-refractivity contribution in [3.8, 4) is 0 Å². The van der Waals surface area contributed by atoms with E-state index in [1.54, 1.807) is 7.05 Å². The lowest BCUT2D eigenvalue weighted by Crippen LogP contribution is -2.54. The van der Waals surface area contributed by atoms with E-state index in [1.165, 1.54) is 0 Å². The predicted molar refractivity (Wildman–Crippen MR) is 137 cm³/mol. The van der Waals surface area contributed by atoms with Crippen molar-refractivity contribution in [2.45, 2.75) is 98.6 Å². The molecule has 6 nitrogen and oxygen atoms in total. The van der Waals surface area contributed by atoms with E-state index in [1.807, 2.05) is 71.9 Å². The Bertz CT molecular complexity index is 778. The maximum Gasteiger partial charge on any atom is 0.309 e. The van der Waals surface area contributed by atoms with Gasteiger partial charge < -0.3 is 15.4 Å². The van der Waals surface area contributed by atoms with E-state index in [0.29, 0.717) is 25.7 Å². The van der Waals surface area contributed by atoms with Crippen molar-refractivity contribution in [2.24, 2.45) is 17.3 Å². The molecule has 0 aromatic heterocycles. The first-order chi connectivity index (χ1) is 15.8. The zero-order valence-electron chi connectivity index (χ0n) is 22.5. The molecule has 0 bridgehead atoms. The Morgan fingerprint density at radius 3 is 2.03 bits per heavy atom. The number of amides is 2. The average molecular weight is 475 g/mol. The number of likely N-dealkylation sites (N-methyl/N-ethyl adjacent to an activating group) is 1. The summed E-state index contributed by atoms with van der Waals surface area (Å²) in [6.07, 6.45) is 4.24. The van der Waals surface area contributed by atoms with E-state index in [0.717, 1.165) is 18.4 Å². The predicted octanol–water partition coefficient (Wildman–Crippen LogP) is 5.05. The third-order valence-electron chi connectivity index (χ3n) is 5.87. The van der Waals surface area contributed by atoms with Crippen molar-refractivity contribution in [2.75, 3.05) is 7.05 Å². The van der Waals surface area contributed by atoms with Gasteiger partial charge in [0.15, 0.2) is 0 Å². The number of hydrogen-bond acceptors (Lipinski definition) is 4. The number of rotatable bonds is 12. The van der Waals surface area contributed by atoms with Crippen LogP contribution in [-0.2, 0) is 25.5 Å². The highest BCUT2D eigenvalue weighted by Crippen LogP contribution is 2.27. The molecule has 34 heavy (non-hydrogen) atoms. The third-order valence-corrected chi connectivity index (χ3v) is 5.87. The molecule has 0 heterocycles. The van der Waals surface area contributed by atoms with Crippen LogP contribution >= 0.6 is 0 Å². The number of esters is 1. The van der Waals surface area contributed by atoms with E-state index in [9.17, 15) is 14.4 Å². The van der Waals surface area contributed by atoms with Gasteiger partial charge in [-0.2, -0.15) is 0 Å². The second-order valence-corrected chi connectivity index (χ2v) is 11.3. The maximum atomic E-state index is 13.5. The molecule has 0 unspecified atom stereocenters. The number of benzene rings is 1. The molecule has 0 saturated carbocycles. The number of hydrogen-bond donors (Lipinski definition) is 2. The van der Waals surface area contributed by atoms with E-state index in [-0.39, 0.29) is 23.7 Å². The van der Waals surface area contributed by atoms with Crippen LogP contribution in [0.25, 0.3) is 0 Å². The largest absolute Gasteiger partial charge is 0.460 e. The molecule has 2 N–H and O–H groups in total. The molecule has 192 valence electrons. The van der Waals surface area contributed by atoms with Crippen molar-refractivity contribution >= 4 is 17.8 Å². The number of ether oxygens (including phenoxy) is 1. The fraction of sp³-hybridized carbons (Fsp3) is 0.679. The standard InChI is InChI=1S/C28H46N2O4/c1-9-10-16-22(26(33)34-28(5,6)7)19-21(18-17-20-14-12-11-13-15-20)24(31)30-23(25(32)29-8)27(2,3)4/h11-15,21-23H,9-10,16-19H2,1-8H3,(H,29,32)(H,30,31)/t21-,22+,23-/m1/s1. The first-order valence-corrected chi connectivity index (χ1v) is 12.6. The summed E-state index contributed by atoms with van der Waals surface area (Å²) in [5.41, 5.74) is 0.105. The van der Waals surface area contributed by atoms with Gasteiger partial charge in [-0.05, 0) is 57.4 Å². The lowest BCUT2D eigenvalue weighted by atomic mass is 9.83. The van der Waals surface area contributed by atoms with Crippen molar-refractivity contribution in [3.05, 3.63) is 35.9 Å². The lowest BCUT2D eigenvalue weighted by molar-refractivity contribution is -0.161. The van der Waals surface area contributed by atoms with Gasteiger partial charge in [-0.15, -0.1) is 0 Å². The minimum atomic E-state index is -0.667. The highest BCUT2D eigenvalue weighted by molar-refractivity contribution is 5.89. The fourth-order valence-corrected chi connectivity index (χ4v) is 3.93. The number of carbonyl (C=O) groups is 3. The van der Waals surface area contributed by atoms with Crippen molar-refractivity contribution < 1.29 is 19.1 Å². The molecule has 3 atom stereocenters. The van der Waals surface area contributed by atoms with E-state index in [2.05, 4.69) is 17.6 Å². The summed E-state index contributed by atoms with van der Waals surface area (Å²) in [7, 11) is 1.57. The smallest absolute Gasteiger partial charge is 0.309 e. The van der Waals surface area contributed by atoms with Crippen LogP contribution in [0.3, 0.4) is 0 Å². The molecule has 0 radical (unpaired) electrons. The van der Waals surface area contributed by atoms with Gasteiger partial charge in [-0.1, -0.05) is 70.9 Å². The van der Waals surface area contributed by atoms with E-state index >= 15 is 0 Å². The van der Waals surface area contributed by atoms with Gasteiger partial charge in [0.1, 0.15) is 11.6 Å². The molecular weight excluding hydrogens is 428 g/mol. The highest BCUT2D eigenvalue weighted by Gasteiger charge is 2.36. The lowest BCUT2D eigenvalue weighted by Gasteiger charge is -2.32. The molecule has 1 rings (SSSR count). The van der Waals surface area contributed by atoms with Gasteiger partial charge in [0.05, 0.1) is 5.92 Å². The Morgan fingerprint density at radius 2 is 1.53 bits per heavy atom. The summed E-state index contributed by atoms with van der Waals surface area (Å²) in [4.78, 5) is 39.1. The Balaban J connectivity index is 3.15. The van der Waals surface area contributed by atoms with Crippen LogP contribution in [0.1, 0.15) is 86.1 Å². The van der Waals surface area contributed by atoms with Gasteiger partial charge in [-0.25, -0.2) is 0 Å². The molecule has 0 aliphatic rings. The van der Waals surface area contributed by atoms with Crippen molar-refractivity contribution in [1.29, 1.82) is 0 Å². The monoisotopic (exact) mass is 474 g/mol. The minimum Gasteiger partial charge on any atom is -0.460 e.